The predicted octanol–water partition coefficient (Wildman–Crippen LogP) is 2.37. The molecule has 1 rings (SSSR count). The first-order valence-corrected chi connectivity index (χ1v) is 4.45. The molecule has 1 unspecified atom stereocenters. The van der Waals surface area contributed by atoms with E-state index in [2.05, 4.69) is 0 Å². The van der Waals surface area contributed by atoms with Gasteiger partial charge in [-0.3, -0.25) is 5.84 Å². The van der Waals surface area contributed by atoms with Gasteiger partial charge in [-0.2, -0.15) is 13.2 Å². The van der Waals surface area contributed by atoms with Crippen molar-refractivity contribution in [3.05, 3.63) is 34.9 Å². The van der Waals surface area contributed by atoms with Crippen molar-refractivity contribution < 1.29 is 13.2 Å². The Kier molecular flexibility index (Phi) is 3.36. The summed E-state index contributed by atoms with van der Waals surface area (Å²) in [7, 11) is 0. The summed E-state index contributed by atoms with van der Waals surface area (Å²) in [5, 5.41) is 0. The second-order valence-electron chi connectivity index (χ2n) is 3.56. The van der Waals surface area contributed by atoms with Crippen LogP contribution in [0.1, 0.15) is 22.7 Å². The van der Waals surface area contributed by atoms with Crippen molar-refractivity contribution in [1.82, 2.24) is 5.43 Å². The molecular weight excluding hydrogens is 205 g/mol. The van der Waals surface area contributed by atoms with Gasteiger partial charge >= 0.3 is 6.18 Å². The molecule has 1 atom stereocenters. The summed E-state index contributed by atoms with van der Waals surface area (Å²) in [6.07, 6.45) is -4.38. The third kappa shape index (κ3) is 2.94. The van der Waals surface area contributed by atoms with Gasteiger partial charge in [0.05, 0.1) is 0 Å². The minimum atomic E-state index is -4.38. The number of benzene rings is 1. The molecular formula is C10H13F3N2. The fourth-order valence-corrected chi connectivity index (χ4v) is 1.56. The molecule has 0 aliphatic rings. The van der Waals surface area contributed by atoms with Crippen molar-refractivity contribution in [1.29, 1.82) is 0 Å². The lowest BCUT2D eigenvalue weighted by molar-refractivity contribution is -0.157. The Bertz CT molecular complexity index is 327. The third-order valence-electron chi connectivity index (χ3n) is 2.07. The molecule has 0 aliphatic heterocycles. The van der Waals surface area contributed by atoms with Gasteiger partial charge in [-0.25, -0.2) is 5.43 Å². The minimum Gasteiger partial charge on any atom is -0.271 e. The second kappa shape index (κ2) is 4.20. The van der Waals surface area contributed by atoms with E-state index < -0.39 is 12.2 Å². The number of hydrogen-bond acceptors (Lipinski definition) is 2. The number of hydrogen-bond donors (Lipinski definition) is 2. The molecule has 84 valence electrons. The summed E-state index contributed by atoms with van der Waals surface area (Å²) in [6, 6.07) is 2.96. The Morgan fingerprint density at radius 3 is 1.93 bits per heavy atom. The monoisotopic (exact) mass is 218 g/mol. The number of aryl methyl sites for hydroxylation is 2. The van der Waals surface area contributed by atoms with Crippen LogP contribution in [0, 0.1) is 13.8 Å². The Hall–Kier alpha value is -1.07. The molecule has 0 saturated heterocycles. The highest BCUT2D eigenvalue weighted by atomic mass is 19.4. The molecule has 0 fully saturated rings. The van der Waals surface area contributed by atoms with E-state index in [0.717, 1.165) is 11.1 Å². The standard InChI is InChI=1S/C10H13F3N2/c1-6-3-7(2)5-8(4-6)9(15-14)10(11,12)13/h3-5,9,15H,14H2,1-2H3. The number of nitrogens with one attached hydrogen (secondary N) is 1. The zero-order chi connectivity index (χ0) is 11.6. The van der Waals surface area contributed by atoms with Gasteiger partial charge in [0.25, 0.3) is 0 Å². The van der Waals surface area contributed by atoms with E-state index in [0.29, 0.717) is 0 Å². The Morgan fingerprint density at radius 2 is 1.60 bits per heavy atom. The largest absolute Gasteiger partial charge is 0.409 e. The van der Waals surface area contributed by atoms with Crippen LogP contribution in [0.5, 0.6) is 0 Å². The van der Waals surface area contributed by atoms with E-state index in [4.69, 9.17) is 5.84 Å². The molecule has 1 aromatic rings. The molecule has 15 heavy (non-hydrogen) atoms. The first kappa shape index (κ1) is 12.0. The van der Waals surface area contributed by atoms with Crippen molar-refractivity contribution in [2.24, 2.45) is 5.84 Å². The molecule has 0 aromatic heterocycles. The second-order valence-corrected chi connectivity index (χ2v) is 3.56. The average Bonchev–Trinajstić information content (AvgIpc) is 1.99. The topological polar surface area (TPSA) is 38.0 Å². The van der Waals surface area contributed by atoms with Gasteiger partial charge in [0.15, 0.2) is 0 Å². The predicted molar refractivity (Wildman–Crippen MR) is 52.0 cm³/mol. The van der Waals surface area contributed by atoms with Gasteiger partial charge in [-0.1, -0.05) is 29.3 Å². The highest BCUT2D eigenvalue weighted by Gasteiger charge is 2.40. The number of hydrazine groups is 1. The summed E-state index contributed by atoms with van der Waals surface area (Å²) in [5.74, 6) is 4.92. The van der Waals surface area contributed by atoms with Gasteiger partial charge in [-0.15, -0.1) is 0 Å². The molecule has 1 aromatic carbocycles. The van der Waals surface area contributed by atoms with Crippen LogP contribution in [-0.4, -0.2) is 6.18 Å². The van der Waals surface area contributed by atoms with Crippen LogP contribution < -0.4 is 11.3 Å². The molecule has 5 heteroatoms. The molecule has 0 radical (unpaired) electrons. The van der Waals surface area contributed by atoms with Gasteiger partial charge in [-0.05, 0) is 19.4 Å². The Labute approximate surface area is 86.2 Å². The maximum Gasteiger partial charge on any atom is 0.409 e. The summed E-state index contributed by atoms with van der Waals surface area (Å²) in [5.41, 5.74) is 3.50. The smallest absolute Gasteiger partial charge is 0.271 e. The van der Waals surface area contributed by atoms with Crippen LogP contribution in [0.15, 0.2) is 18.2 Å². The highest BCUT2D eigenvalue weighted by Crippen LogP contribution is 2.32. The van der Waals surface area contributed by atoms with Gasteiger partial charge in [0.1, 0.15) is 6.04 Å². The molecule has 0 aliphatic carbocycles. The molecule has 0 heterocycles. The van der Waals surface area contributed by atoms with Gasteiger partial charge < -0.3 is 0 Å². The highest BCUT2D eigenvalue weighted by molar-refractivity contribution is 5.31. The summed E-state index contributed by atoms with van der Waals surface area (Å²) in [6.45, 7) is 3.50. The molecule has 2 nitrogen and oxygen atoms in total. The van der Waals surface area contributed by atoms with Crippen LogP contribution in [-0.2, 0) is 0 Å². The van der Waals surface area contributed by atoms with E-state index in [1.54, 1.807) is 19.3 Å². The van der Waals surface area contributed by atoms with Crippen LogP contribution in [0.4, 0.5) is 13.2 Å². The molecule has 0 saturated carbocycles. The van der Waals surface area contributed by atoms with E-state index in [-0.39, 0.29) is 5.56 Å². The average molecular weight is 218 g/mol. The maximum atomic E-state index is 12.5. The zero-order valence-corrected chi connectivity index (χ0v) is 8.52. The van der Waals surface area contributed by atoms with E-state index in [1.165, 1.54) is 12.1 Å². The van der Waals surface area contributed by atoms with Crippen molar-refractivity contribution in [3.8, 4) is 0 Å². The quantitative estimate of drug-likeness (QED) is 0.590. The summed E-state index contributed by atoms with van der Waals surface area (Å²) >= 11 is 0. The normalized spacial score (nSPS) is 14.0. The lowest BCUT2D eigenvalue weighted by Gasteiger charge is -2.20. The van der Waals surface area contributed by atoms with Gasteiger partial charge in [0.2, 0.25) is 0 Å². The number of rotatable bonds is 2. The molecule has 0 bridgehead atoms. The van der Waals surface area contributed by atoms with Crippen LogP contribution >= 0.6 is 0 Å². The summed E-state index contributed by atoms with van der Waals surface area (Å²) in [4.78, 5) is 0. The number of alkyl halides is 3. The van der Waals surface area contributed by atoms with E-state index in [9.17, 15) is 13.2 Å². The SMILES string of the molecule is Cc1cc(C)cc(C(NN)C(F)(F)F)c1. The Balaban J connectivity index is 3.13. The van der Waals surface area contributed by atoms with E-state index in [1.807, 2.05) is 6.07 Å². The van der Waals surface area contributed by atoms with E-state index >= 15 is 0 Å². The lowest BCUT2D eigenvalue weighted by Crippen LogP contribution is -2.38. The van der Waals surface area contributed by atoms with Gasteiger partial charge in [0, 0.05) is 0 Å². The first-order valence-electron chi connectivity index (χ1n) is 4.45. The van der Waals surface area contributed by atoms with Crippen molar-refractivity contribution in [2.45, 2.75) is 26.1 Å². The number of nitrogens with two attached hydrogens (primary N) is 1. The molecule has 0 spiro atoms. The minimum absolute atomic E-state index is 0.141. The maximum absolute atomic E-state index is 12.5. The first-order chi connectivity index (χ1) is 6.84. The molecule has 3 N–H and O–H groups in total. The fraction of sp³-hybridized carbons (Fsp3) is 0.400. The van der Waals surface area contributed by atoms with Crippen LogP contribution in [0.2, 0.25) is 0 Å². The summed E-state index contributed by atoms with van der Waals surface area (Å²) < 4.78 is 37.6. The lowest BCUT2D eigenvalue weighted by atomic mass is 10.0. The Morgan fingerprint density at radius 1 is 1.13 bits per heavy atom. The van der Waals surface area contributed by atoms with Crippen molar-refractivity contribution in [3.63, 3.8) is 0 Å². The van der Waals surface area contributed by atoms with Crippen molar-refractivity contribution >= 4 is 0 Å². The third-order valence-corrected chi connectivity index (χ3v) is 2.07. The molecule has 0 amide bonds. The van der Waals surface area contributed by atoms with Crippen molar-refractivity contribution in [2.75, 3.05) is 0 Å². The van der Waals surface area contributed by atoms with Crippen LogP contribution in [0.3, 0.4) is 0 Å². The fourth-order valence-electron chi connectivity index (χ4n) is 1.56. The zero-order valence-electron chi connectivity index (χ0n) is 8.52. The van der Waals surface area contributed by atoms with Crippen LogP contribution in [0.25, 0.3) is 0 Å². The number of halogens is 3.